The van der Waals surface area contributed by atoms with Gasteiger partial charge in [0.05, 0.1) is 0 Å². The van der Waals surface area contributed by atoms with Crippen molar-refractivity contribution in [2.24, 2.45) is 0 Å². The first kappa shape index (κ1) is 17.5. The van der Waals surface area contributed by atoms with Crippen LogP contribution in [0, 0.1) is 0 Å². The van der Waals surface area contributed by atoms with Gasteiger partial charge in [-0.1, -0.05) is 58.0 Å². The molecular formula is C19H28N2O2. The maximum Gasteiger partial charge on any atom is 0.249 e. The lowest BCUT2D eigenvalue weighted by atomic mass is 9.79. The summed E-state index contributed by atoms with van der Waals surface area (Å²) in [5, 5.41) is 3.06. The van der Waals surface area contributed by atoms with Gasteiger partial charge in [-0.15, -0.1) is 0 Å². The highest BCUT2D eigenvalue weighted by atomic mass is 16.2. The monoisotopic (exact) mass is 316 g/mol. The molecule has 0 aliphatic carbocycles. The zero-order valence-corrected chi connectivity index (χ0v) is 14.7. The molecule has 1 aliphatic heterocycles. The molecule has 0 saturated carbocycles. The Morgan fingerprint density at radius 1 is 0.913 bits per heavy atom. The molecule has 2 rings (SSSR count). The third-order valence-corrected chi connectivity index (χ3v) is 5.51. The van der Waals surface area contributed by atoms with Crippen LogP contribution in [0.5, 0.6) is 0 Å². The zero-order chi connectivity index (χ0) is 17.1. The molecule has 1 heterocycles. The van der Waals surface area contributed by atoms with Crippen LogP contribution in [-0.2, 0) is 16.1 Å². The topological polar surface area (TPSA) is 49.4 Å². The Kier molecular flexibility index (Phi) is 5.12. The van der Waals surface area contributed by atoms with Gasteiger partial charge in [-0.3, -0.25) is 9.59 Å². The zero-order valence-electron chi connectivity index (χ0n) is 14.7. The molecule has 0 bridgehead atoms. The summed E-state index contributed by atoms with van der Waals surface area (Å²) in [7, 11) is 0. The van der Waals surface area contributed by atoms with Crippen LogP contribution in [-0.4, -0.2) is 27.8 Å². The first-order valence-electron chi connectivity index (χ1n) is 8.68. The van der Waals surface area contributed by atoms with Gasteiger partial charge in [-0.25, -0.2) is 0 Å². The Labute approximate surface area is 139 Å². The van der Waals surface area contributed by atoms with Crippen LogP contribution in [0.15, 0.2) is 30.3 Å². The lowest BCUT2D eigenvalue weighted by Crippen LogP contribution is -2.75. The highest BCUT2D eigenvalue weighted by Gasteiger charge is 2.55. The van der Waals surface area contributed by atoms with Crippen LogP contribution < -0.4 is 5.32 Å². The maximum atomic E-state index is 13.3. The van der Waals surface area contributed by atoms with Crippen molar-refractivity contribution in [2.45, 2.75) is 71.0 Å². The van der Waals surface area contributed by atoms with E-state index in [2.05, 4.69) is 5.32 Å². The van der Waals surface area contributed by atoms with Crippen LogP contribution in [0.4, 0.5) is 0 Å². The molecule has 1 aromatic carbocycles. The second kappa shape index (κ2) is 6.73. The molecule has 23 heavy (non-hydrogen) atoms. The quantitative estimate of drug-likeness (QED) is 0.875. The molecule has 2 amide bonds. The van der Waals surface area contributed by atoms with E-state index in [4.69, 9.17) is 0 Å². The van der Waals surface area contributed by atoms with E-state index in [1.165, 1.54) is 0 Å². The van der Waals surface area contributed by atoms with Gasteiger partial charge in [0.25, 0.3) is 0 Å². The number of carbonyl (C=O) groups excluding carboxylic acids is 2. The average molecular weight is 316 g/mol. The number of hydrogen-bond donors (Lipinski definition) is 1. The van der Waals surface area contributed by atoms with Crippen LogP contribution in [0.2, 0.25) is 0 Å². The summed E-state index contributed by atoms with van der Waals surface area (Å²) in [5.74, 6) is 0.0383. The summed E-state index contributed by atoms with van der Waals surface area (Å²) in [5.41, 5.74) is -0.455. The Bertz CT molecular complexity index is 560. The van der Waals surface area contributed by atoms with Gasteiger partial charge in [0.1, 0.15) is 11.1 Å². The van der Waals surface area contributed by atoms with Crippen molar-refractivity contribution in [3.8, 4) is 0 Å². The van der Waals surface area contributed by atoms with E-state index in [1.807, 2.05) is 62.9 Å². The molecule has 4 heteroatoms. The molecule has 0 spiro atoms. The molecular weight excluding hydrogens is 288 g/mol. The van der Waals surface area contributed by atoms with Crippen molar-refractivity contribution in [2.75, 3.05) is 0 Å². The van der Waals surface area contributed by atoms with E-state index >= 15 is 0 Å². The van der Waals surface area contributed by atoms with Crippen molar-refractivity contribution >= 4 is 11.8 Å². The molecule has 0 atom stereocenters. The normalized spacial score (nSPS) is 19.6. The smallest absolute Gasteiger partial charge is 0.249 e. The Morgan fingerprint density at radius 2 is 1.48 bits per heavy atom. The van der Waals surface area contributed by atoms with E-state index in [1.54, 1.807) is 0 Å². The molecule has 0 radical (unpaired) electrons. The Hall–Kier alpha value is -1.84. The standard InChI is InChI=1S/C19H28N2O2/c1-5-18(6-2)17(23)21(14-15-12-10-9-11-13-15)19(7-3,8-4)16(22)20-18/h9-13H,5-8,14H2,1-4H3,(H,20,22). The number of nitrogens with zero attached hydrogens (tertiary/aromatic N) is 1. The lowest BCUT2D eigenvalue weighted by molar-refractivity contribution is -0.165. The average Bonchev–Trinajstić information content (AvgIpc) is 2.59. The minimum absolute atomic E-state index is 0.0123. The molecule has 1 aromatic rings. The summed E-state index contributed by atoms with van der Waals surface area (Å²) in [6.07, 6.45) is 2.47. The van der Waals surface area contributed by atoms with Gasteiger partial charge in [-0.05, 0) is 31.2 Å². The highest BCUT2D eigenvalue weighted by molar-refractivity contribution is 6.02. The number of carbonyl (C=O) groups is 2. The molecule has 126 valence electrons. The lowest BCUT2D eigenvalue weighted by Gasteiger charge is -2.52. The summed E-state index contributed by atoms with van der Waals surface area (Å²) in [6, 6.07) is 9.92. The van der Waals surface area contributed by atoms with E-state index in [0.717, 1.165) is 5.56 Å². The minimum Gasteiger partial charge on any atom is -0.340 e. The predicted molar refractivity (Wildman–Crippen MR) is 91.8 cm³/mol. The second-order valence-corrected chi connectivity index (χ2v) is 6.36. The Balaban J connectivity index is 2.48. The van der Waals surface area contributed by atoms with Crippen LogP contribution in [0.25, 0.3) is 0 Å². The van der Waals surface area contributed by atoms with Gasteiger partial charge in [0, 0.05) is 6.54 Å². The molecule has 0 unspecified atom stereocenters. The van der Waals surface area contributed by atoms with Crippen LogP contribution >= 0.6 is 0 Å². The maximum absolute atomic E-state index is 13.3. The third-order valence-electron chi connectivity index (χ3n) is 5.51. The van der Waals surface area contributed by atoms with Crippen LogP contribution in [0.1, 0.15) is 58.9 Å². The highest BCUT2D eigenvalue weighted by Crippen LogP contribution is 2.36. The van der Waals surface area contributed by atoms with Gasteiger partial charge >= 0.3 is 0 Å². The van der Waals surface area contributed by atoms with Crippen molar-refractivity contribution in [1.82, 2.24) is 10.2 Å². The predicted octanol–water partition coefficient (Wildman–Crippen LogP) is 3.26. The van der Waals surface area contributed by atoms with E-state index in [-0.39, 0.29) is 11.8 Å². The van der Waals surface area contributed by atoms with E-state index < -0.39 is 11.1 Å². The van der Waals surface area contributed by atoms with E-state index in [0.29, 0.717) is 32.2 Å². The SMILES string of the molecule is CCC1(CC)NC(=O)C(CC)(CC)N(Cc2ccccc2)C1=O. The summed E-state index contributed by atoms with van der Waals surface area (Å²) in [6.45, 7) is 8.38. The van der Waals surface area contributed by atoms with Gasteiger partial charge in [0.2, 0.25) is 11.8 Å². The number of amides is 2. The first-order chi connectivity index (χ1) is 11.0. The molecule has 1 fully saturated rings. The van der Waals surface area contributed by atoms with Crippen molar-refractivity contribution < 1.29 is 9.59 Å². The summed E-state index contributed by atoms with van der Waals surface area (Å²) < 4.78 is 0. The van der Waals surface area contributed by atoms with Gasteiger partial charge in [0.15, 0.2) is 0 Å². The molecule has 0 aromatic heterocycles. The number of hydrogen-bond acceptors (Lipinski definition) is 2. The third kappa shape index (κ3) is 2.75. The van der Waals surface area contributed by atoms with Crippen molar-refractivity contribution in [3.63, 3.8) is 0 Å². The second-order valence-electron chi connectivity index (χ2n) is 6.36. The molecule has 1 aliphatic rings. The molecule has 1 saturated heterocycles. The fraction of sp³-hybridized carbons (Fsp3) is 0.579. The molecule has 4 nitrogen and oxygen atoms in total. The van der Waals surface area contributed by atoms with E-state index in [9.17, 15) is 9.59 Å². The molecule has 1 N–H and O–H groups in total. The fourth-order valence-electron chi connectivity index (χ4n) is 3.63. The number of benzene rings is 1. The Morgan fingerprint density at radius 3 is 1.96 bits per heavy atom. The van der Waals surface area contributed by atoms with Crippen LogP contribution in [0.3, 0.4) is 0 Å². The number of piperazine rings is 1. The fourth-order valence-corrected chi connectivity index (χ4v) is 3.63. The van der Waals surface area contributed by atoms with Crippen molar-refractivity contribution in [3.05, 3.63) is 35.9 Å². The van der Waals surface area contributed by atoms with Crippen molar-refractivity contribution in [1.29, 1.82) is 0 Å². The first-order valence-corrected chi connectivity index (χ1v) is 8.68. The van der Waals surface area contributed by atoms with Gasteiger partial charge in [-0.2, -0.15) is 0 Å². The minimum atomic E-state index is -0.764. The van der Waals surface area contributed by atoms with Gasteiger partial charge < -0.3 is 10.2 Å². The largest absolute Gasteiger partial charge is 0.340 e. The summed E-state index contributed by atoms with van der Waals surface area (Å²) in [4.78, 5) is 28.1. The number of rotatable bonds is 6. The number of nitrogens with one attached hydrogen (secondary N) is 1. The summed E-state index contributed by atoms with van der Waals surface area (Å²) >= 11 is 0.